The van der Waals surface area contributed by atoms with E-state index in [0.29, 0.717) is 6.10 Å². The zero-order valence-electron chi connectivity index (χ0n) is 11.3. The Morgan fingerprint density at radius 2 is 1.88 bits per heavy atom. The van der Waals surface area contributed by atoms with Crippen LogP contribution in [0.4, 0.5) is 0 Å². The molecule has 0 bridgehead atoms. The van der Waals surface area contributed by atoms with Gasteiger partial charge < -0.3 is 10.1 Å². The first kappa shape index (κ1) is 14.0. The van der Waals surface area contributed by atoms with Crippen LogP contribution in [0.2, 0.25) is 0 Å². The van der Waals surface area contributed by atoms with Gasteiger partial charge in [-0.2, -0.15) is 0 Å². The zero-order chi connectivity index (χ0) is 11.8. The monoisotopic (exact) mass is 227 g/mol. The first-order valence-electron chi connectivity index (χ1n) is 7.03. The van der Waals surface area contributed by atoms with Crippen molar-refractivity contribution in [1.82, 2.24) is 5.32 Å². The van der Waals surface area contributed by atoms with E-state index in [2.05, 4.69) is 26.1 Å². The minimum atomic E-state index is 0.435. The van der Waals surface area contributed by atoms with Crippen LogP contribution in [0.25, 0.3) is 0 Å². The molecular weight excluding hydrogens is 198 g/mol. The van der Waals surface area contributed by atoms with Crippen molar-refractivity contribution in [3.63, 3.8) is 0 Å². The zero-order valence-corrected chi connectivity index (χ0v) is 11.3. The highest BCUT2D eigenvalue weighted by atomic mass is 16.5. The van der Waals surface area contributed by atoms with Crippen molar-refractivity contribution in [3.05, 3.63) is 0 Å². The molecule has 0 heterocycles. The summed E-state index contributed by atoms with van der Waals surface area (Å²) in [6.07, 6.45) is 8.24. The first-order chi connectivity index (χ1) is 7.68. The Bertz CT molecular complexity index is 166. The summed E-state index contributed by atoms with van der Waals surface area (Å²) in [6, 6.07) is 0.863. The van der Waals surface area contributed by atoms with Crippen molar-refractivity contribution in [3.8, 4) is 0 Å². The van der Waals surface area contributed by atoms with Crippen LogP contribution < -0.4 is 5.32 Å². The van der Waals surface area contributed by atoms with Crippen molar-refractivity contribution in [2.45, 2.75) is 71.4 Å². The van der Waals surface area contributed by atoms with Crippen LogP contribution in [0.5, 0.6) is 0 Å². The van der Waals surface area contributed by atoms with Crippen molar-refractivity contribution in [2.75, 3.05) is 13.2 Å². The number of hydrogen-bond donors (Lipinski definition) is 1. The van der Waals surface area contributed by atoms with Crippen LogP contribution in [0.3, 0.4) is 0 Å². The fraction of sp³-hybridized carbons (Fsp3) is 1.00. The summed E-state index contributed by atoms with van der Waals surface area (Å²) in [5.74, 6) is 0.748. The number of nitrogens with one attached hydrogen (secondary N) is 1. The smallest absolute Gasteiger partial charge is 0.0549 e. The molecule has 1 aliphatic rings. The molecule has 1 atom stereocenters. The molecular formula is C14H29NO. The molecule has 0 aromatic carbocycles. The quantitative estimate of drug-likeness (QED) is 0.578. The molecule has 16 heavy (non-hydrogen) atoms. The summed E-state index contributed by atoms with van der Waals surface area (Å²) < 4.78 is 5.77. The first-order valence-corrected chi connectivity index (χ1v) is 7.03. The van der Waals surface area contributed by atoms with Gasteiger partial charge in [0, 0.05) is 12.6 Å². The Balaban J connectivity index is 1.76. The largest absolute Gasteiger partial charge is 0.379 e. The standard InChI is InChI=1S/C14H29NO/c1-12(2)11-13(3)16-10-6-4-5-9-15-14-7-8-14/h12-15H,4-11H2,1-3H3. The van der Waals surface area contributed by atoms with Crippen LogP contribution in [0.15, 0.2) is 0 Å². The van der Waals surface area contributed by atoms with Gasteiger partial charge in [-0.3, -0.25) is 0 Å². The lowest BCUT2D eigenvalue weighted by Crippen LogP contribution is -2.17. The highest BCUT2D eigenvalue weighted by molar-refractivity contribution is 4.80. The van der Waals surface area contributed by atoms with E-state index >= 15 is 0 Å². The fourth-order valence-corrected chi connectivity index (χ4v) is 2.01. The molecule has 1 saturated carbocycles. The van der Waals surface area contributed by atoms with Gasteiger partial charge in [-0.1, -0.05) is 13.8 Å². The van der Waals surface area contributed by atoms with Gasteiger partial charge in [0.2, 0.25) is 0 Å². The maximum absolute atomic E-state index is 5.77. The summed E-state index contributed by atoms with van der Waals surface area (Å²) in [5, 5.41) is 3.54. The van der Waals surface area contributed by atoms with Gasteiger partial charge in [0.15, 0.2) is 0 Å². The van der Waals surface area contributed by atoms with E-state index in [-0.39, 0.29) is 0 Å². The van der Waals surface area contributed by atoms with Gasteiger partial charge in [-0.25, -0.2) is 0 Å². The maximum atomic E-state index is 5.77. The number of rotatable bonds is 10. The lowest BCUT2D eigenvalue weighted by molar-refractivity contribution is 0.0495. The summed E-state index contributed by atoms with van der Waals surface area (Å²) in [4.78, 5) is 0. The molecule has 0 radical (unpaired) electrons. The Labute approximate surface area is 101 Å². The summed E-state index contributed by atoms with van der Waals surface area (Å²) >= 11 is 0. The molecule has 0 aromatic heterocycles. The van der Waals surface area contributed by atoms with Gasteiger partial charge in [-0.15, -0.1) is 0 Å². The van der Waals surface area contributed by atoms with Gasteiger partial charge in [0.25, 0.3) is 0 Å². The fourth-order valence-electron chi connectivity index (χ4n) is 2.01. The van der Waals surface area contributed by atoms with Gasteiger partial charge in [-0.05, 0) is 57.9 Å². The molecule has 1 aliphatic carbocycles. The minimum Gasteiger partial charge on any atom is -0.379 e. The molecule has 1 N–H and O–H groups in total. The van der Waals surface area contributed by atoms with Crippen molar-refractivity contribution in [1.29, 1.82) is 0 Å². The Morgan fingerprint density at radius 1 is 1.12 bits per heavy atom. The molecule has 2 nitrogen and oxygen atoms in total. The van der Waals surface area contributed by atoms with Crippen molar-refractivity contribution in [2.24, 2.45) is 5.92 Å². The van der Waals surface area contributed by atoms with E-state index < -0.39 is 0 Å². The van der Waals surface area contributed by atoms with Gasteiger partial charge in [0.1, 0.15) is 0 Å². The lowest BCUT2D eigenvalue weighted by Gasteiger charge is -2.14. The third-order valence-corrected chi connectivity index (χ3v) is 3.04. The molecule has 0 spiro atoms. The normalized spacial score (nSPS) is 18.0. The number of hydrogen-bond acceptors (Lipinski definition) is 2. The minimum absolute atomic E-state index is 0.435. The predicted molar refractivity (Wildman–Crippen MR) is 69.7 cm³/mol. The third kappa shape index (κ3) is 8.12. The van der Waals surface area contributed by atoms with Gasteiger partial charge >= 0.3 is 0 Å². The Morgan fingerprint density at radius 3 is 2.50 bits per heavy atom. The second kappa shape index (κ2) is 8.08. The predicted octanol–water partition coefficient (Wildman–Crippen LogP) is 3.36. The van der Waals surface area contributed by atoms with E-state index in [0.717, 1.165) is 18.6 Å². The van der Waals surface area contributed by atoms with Crippen molar-refractivity contribution >= 4 is 0 Å². The summed E-state index contributed by atoms with van der Waals surface area (Å²) in [5.41, 5.74) is 0. The van der Waals surface area contributed by atoms with Crippen LogP contribution >= 0.6 is 0 Å². The molecule has 1 fully saturated rings. The SMILES string of the molecule is CC(C)CC(C)OCCCCCNC1CC1. The molecule has 2 heteroatoms. The summed E-state index contributed by atoms with van der Waals surface area (Å²) in [7, 11) is 0. The second-order valence-corrected chi connectivity index (χ2v) is 5.60. The highest BCUT2D eigenvalue weighted by Gasteiger charge is 2.19. The Hall–Kier alpha value is -0.0800. The second-order valence-electron chi connectivity index (χ2n) is 5.60. The average molecular weight is 227 g/mol. The molecule has 1 unspecified atom stereocenters. The van der Waals surface area contributed by atoms with Crippen molar-refractivity contribution < 1.29 is 4.74 Å². The molecule has 96 valence electrons. The van der Waals surface area contributed by atoms with E-state index in [9.17, 15) is 0 Å². The Kier molecular flexibility index (Phi) is 7.06. The van der Waals surface area contributed by atoms with E-state index in [1.807, 2.05) is 0 Å². The van der Waals surface area contributed by atoms with Crippen LogP contribution in [-0.4, -0.2) is 25.3 Å². The highest BCUT2D eigenvalue weighted by Crippen LogP contribution is 2.18. The van der Waals surface area contributed by atoms with E-state index in [1.54, 1.807) is 0 Å². The maximum Gasteiger partial charge on any atom is 0.0549 e. The molecule has 0 aliphatic heterocycles. The topological polar surface area (TPSA) is 21.3 Å². The summed E-state index contributed by atoms with van der Waals surface area (Å²) in [6.45, 7) is 8.84. The molecule has 0 aromatic rings. The van der Waals surface area contributed by atoms with Crippen LogP contribution in [-0.2, 0) is 4.74 Å². The number of unbranched alkanes of at least 4 members (excludes halogenated alkanes) is 2. The lowest BCUT2D eigenvalue weighted by atomic mass is 10.1. The average Bonchev–Trinajstić information content (AvgIpc) is 2.99. The van der Waals surface area contributed by atoms with E-state index in [1.165, 1.54) is 45.1 Å². The van der Waals surface area contributed by atoms with E-state index in [4.69, 9.17) is 4.74 Å². The molecule has 0 saturated heterocycles. The number of ether oxygens (including phenoxy) is 1. The molecule has 1 rings (SSSR count). The van der Waals surface area contributed by atoms with Crippen LogP contribution in [0.1, 0.15) is 59.3 Å². The van der Waals surface area contributed by atoms with Gasteiger partial charge in [0.05, 0.1) is 6.10 Å². The third-order valence-electron chi connectivity index (χ3n) is 3.04. The van der Waals surface area contributed by atoms with Crippen LogP contribution in [0, 0.1) is 5.92 Å². The molecule has 0 amide bonds.